The summed E-state index contributed by atoms with van der Waals surface area (Å²) in [7, 11) is 0. The number of hydrogen-bond donors (Lipinski definition) is 1. The second kappa shape index (κ2) is 7.16. The predicted octanol–water partition coefficient (Wildman–Crippen LogP) is 2.26. The van der Waals surface area contributed by atoms with Gasteiger partial charge in [-0.15, -0.1) is 0 Å². The number of alkyl halides is 3. The molecule has 1 amide bonds. The molecule has 0 aliphatic carbocycles. The summed E-state index contributed by atoms with van der Waals surface area (Å²) in [5.74, 6) is -0.888. The van der Waals surface area contributed by atoms with Crippen LogP contribution in [-0.4, -0.2) is 52.9 Å². The summed E-state index contributed by atoms with van der Waals surface area (Å²) in [6.45, 7) is 2.47. The Labute approximate surface area is 132 Å². The number of likely N-dealkylation sites (tertiary alicyclic amines) is 1. The average Bonchev–Trinajstić information content (AvgIpc) is 2.54. The molecule has 1 saturated heterocycles. The molecule has 2 rings (SSSR count). The van der Waals surface area contributed by atoms with Gasteiger partial charge in [-0.25, -0.2) is 4.98 Å². The molecule has 1 fully saturated rings. The Balaban J connectivity index is 2.02. The van der Waals surface area contributed by atoms with Gasteiger partial charge >= 0.3 is 6.18 Å². The number of nitrogens with zero attached hydrogens (tertiary/aromatic N) is 2. The van der Waals surface area contributed by atoms with Crippen LogP contribution in [-0.2, 0) is 0 Å². The lowest BCUT2D eigenvalue weighted by atomic mass is 9.90. The summed E-state index contributed by atoms with van der Waals surface area (Å²) in [6, 6.07) is 3.28. The van der Waals surface area contributed by atoms with Crippen LogP contribution < -0.4 is 4.74 Å². The highest BCUT2D eigenvalue weighted by Crippen LogP contribution is 2.32. The smallest absolute Gasteiger partial charge is 0.414 e. The van der Waals surface area contributed by atoms with Gasteiger partial charge in [0.1, 0.15) is 0 Å². The maximum absolute atomic E-state index is 12.5. The molecule has 1 atom stereocenters. The molecule has 1 unspecified atom stereocenters. The fraction of sp³-hybridized carbons (Fsp3) is 0.600. The molecule has 8 heteroatoms. The van der Waals surface area contributed by atoms with E-state index >= 15 is 0 Å². The number of piperidine rings is 1. The highest BCUT2D eigenvalue weighted by atomic mass is 19.4. The number of carbonyl (C=O) groups is 1. The molecule has 0 radical (unpaired) electrons. The Bertz CT molecular complexity index is 543. The second-order valence-corrected chi connectivity index (χ2v) is 5.40. The van der Waals surface area contributed by atoms with Crippen LogP contribution in [0.1, 0.15) is 30.3 Å². The molecule has 1 aliphatic heterocycles. The first-order valence-electron chi connectivity index (χ1n) is 7.46. The third-order valence-electron chi connectivity index (χ3n) is 3.88. The van der Waals surface area contributed by atoms with E-state index in [1.165, 1.54) is 11.1 Å². The summed E-state index contributed by atoms with van der Waals surface area (Å²) in [6.07, 6.45) is -5.30. The highest BCUT2D eigenvalue weighted by molar-refractivity contribution is 5.95. The van der Waals surface area contributed by atoms with Gasteiger partial charge in [0.05, 0.1) is 6.61 Å². The third kappa shape index (κ3) is 4.13. The lowest BCUT2D eigenvalue weighted by Crippen LogP contribution is -2.45. The van der Waals surface area contributed by atoms with Gasteiger partial charge in [-0.2, -0.15) is 13.2 Å². The molecule has 2 heterocycles. The second-order valence-electron chi connectivity index (χ2n) is 5.40. The van der Waals surface area contributed by atoms with Gasteiger partial charge in [0, 0.05) is 19.3 Å². The first kappa shape index (κ1) is 17.5. The Morgan fingerprint density at radius 1 is 1.48 bits per heavy atom. The molecule has 128 valence electrons. The van der Waals surface area contributed by atoms with Crippen LogP contribution in [0.4, 0.5) is 13.2 Å². The van der Waals surface area contributed by atoms with Crippen molar-refractivity contribution in [2.45, 2.75) is 32.0 Å². The molecule has 1 aromatic rings. The summed E-state index contributed by atoms with van der Waals surface area (Å²) in [5, 5.41) is 9.31. The van der Waals surface area contributed by atoms with Crippen LogP contribution in [0.3, 0.4) is 0 Å². The van der Waals surface area contributed by atoms with E-state index in [4.69, 9.17) is 4.74 Å². The molecule has 1 aliphatic rings. The van der Waals surface area contributed by atoms with Gasteiger partial charge in [0.2, 0.25) is 0 Å². The molecule has 0 bridgehead atoms. The number of halogens is 3. The van der Waals surface area contributed by atoms with Crippen LogP contribution in [0.25, 0.3) is 0 Å². The van der Waals surface area contributed by atoms with E-state index in [1.807, 2.05) is 0 Å². The maximum Gasteiger partial charge on any atom is 0.414 e. The monoisotopic (exact) mass is 332 g/mol. The minimum absolute atomic E-state index is 0.100. The van der Waals surface area contributed by atoms with Crippen LogP contribution in [0, 0.1) is 5.92 Å². The number of aromatic nitrogens is 1. The number of aliphatic hydroxyl groups excluding tert-OH is 1. The third-order valence-corrected chi connectivity index (χ3v) is 3.88. The topological polar surface area (TPSA) is 62.7 Å². The fourth-order valence-electron chi connectivity index (χ4n) is 2.66. The molecular formula is C15H19F3N2O3. The van der Waals surface area contributed by atoms with Gasteiger partial charge in [-0.05, 0) is 37.8 Å². The van der Waals surface area contributed by atoms with E-state index in [1.54, 1.807) is 19.1 Å². The lowest BCUT2D eigenvalue weighted by Gasteiger charge is -2.34. The van der Waals surface area contributed by atoms with Crippen molar-refractivity contribution in [3.63, 3.8) is 0 Å². The number of amides is 1. The Hall–Kier alpha value is -1.83. The number of ether oxygens (including phenoxy) is 1. The van der Waals surface area contributed by atoms with Crippen molar-refractivity contribution in [1.82, 2.24) is 9.88 Å². The Morgan fingerprint density at radius 2 is 2.13 bits per heavy atom. The zero-order chi connectivity index (χ0) is 17.0. The quantitative estimate of drug-likeness (QED) is 0.919. The molecule has 1 N–H and O–H groups in total. The normalized spacial score (nSPS) is 17.9. The maximum atomic E-state index is 12.5. The first-order valence-corrected chi connectivity index (χ1v) is 7.46. The zero-order valence-corrected chi connectivity index (χ0v) is 12.7. The number of carbonyl (C=O) groups excluding carboxylic acids is 1. The lowest BCUT2D eigenvalue weighted by molar-refractivity contribution is -0.222. The molecule has 1 aromatic heterocycles. The van der Waals surface area contributed by atoms with Crippen LogP contribution in [0.15, 0.2) is 18.3 Å². The largest absolute Gasteiger partial charge is 0.491 e. The number of pyridine rings is 1. The van der Waals surface area contributed by atoms with Crippen LogP contribution >= 0.6 is 0 Å². The van der Waals surface area contributed by atoms with E-state index in [0.29, 0.717) is 12.4 Å². The fourth-order valence-corrected chi connectivity index (χ4v) is 2.66. The van der Waals surface area contributed by atoms with E-state index in [2.05, 4.69) is 4.98 Å². The van der Waals surface area contributed by atoms with E-state index in [0.717, 1.165) is 0 Å². The summed E-state index contributed by atoms with van der Waals surface area (Å²) in [5.41, 5.74) is 0.157. The van der Waals surface area contributed by atoms with Gasteiger partial charge in [-0.3, -0.25) is 4.79 Å². The van der Waals surface area contributed by atoms with Crippen molar-refractivity contribution in [3.05, 3.63) is 24.0 Å². The van der Waals surface area contributed by atoms with E-state index in [9.17, 15) is 23.1 Å². The van der Waals surface area contributed by atoms with Gasteiger partial charge in [0.25, 0.3) is 5.91 Å². The summed E-state index contributed by atoms with van der Waals surface area (Å²) < 4.78 is 43.0. The van der Waals surface area contributed by atoms with Crippen molar-refractivity contribution in [2.24, 2.45) is 5.92 Å². The number of aliphatic hydroxyl groups is 1. The van der Waals surface area contributed by atoms with E-state index in [-0.39, 0.29) is 37.5 Å². The van der Waals surface area contributed by atoms with E-state index < -0.39 is 18.2 Å². The van der Waals surface area contributed by atoms with Crippen molar-refractivity contribution >= 4 is 5.91 Å². The predicted molar refractivity (Wildman–Crippen MR) is 76.1 cm³/mol. The number of rotatable bonds is 4. The Morgan fingerprint density at radius 3 is 2.70 bits per heavy atom. The summed E-state index contributed by atoms with van der Waals surface area (Å²) >= 11 is 0. The van der Waals surface area contributed by atoms with Crippen LogP contribution in [0.5, 0.6) is 5.75 Å². The van der Waals surface area contributed by atoms with Gasteiger partial charge in [-0.1, -0.05) is 0 Å². The summed E-state index contributed by atoms with van der Waals surface area (Å²) in [4.78, 5) is 17.9. The van der Waals surface area contributed by atoms with Crippen molar-refractivity contribution in [3.8, 4) is 5.75 Å². The molecule has 0 saturated carbocycles. The number of hydrogen-bond acceptors (Lipinski definition) is 4. The van der Waals surface area contributed by atoms with Crippen molar-refractivity contribution in [2.75, 3.05) is 19.7 Å². The van der Waals surface area contributed by atoms with Crippen molar-refractivity contribution in [1.29, 1.82) is 0 Å². The standard InChI is InChI=1S/C15H19F3N2O3/c1-2-23-11-4-3-7-19-12(11)14(22)20-8-5-10(6-9-20)13(21)15(16,17)18/h3-4,7,10,13,21H,2,5-6,8-9H2,1H3. The minimum atomic E-state index is -4.63. The Kier molecular flexibility index (Phi) is 5.46. The van der Waals surface area contributed by atoms with Gasteiger partial charge < -0.3 is 14.7 Å². The SMILES string of the molecule is CCOc1cccnc1C(=O)N1CCC(C(O)C(F)(F)F)CC1. The minimum Gasteiger partial charge on any atom is -0.491 e. The molecule has 0 aromatic carbocycles. The van der Waals surface area contributed by atoms with Gasteiger partial charge in [0.15, 0.2) is 17.5 Å². The zero-order valence-electron chi connectivity index (χ0n) is 12.7. The van der Waals surface area contributed by atoms with Crippen LogP contribution in [0.2, 0.25) is 0 Å². The molecule has 5 nitrogen and oxygen atoms in total. The molecule has 0 spiro atoms. The average molecular weight is 332 g/mol. The van der Waals surface area contributed by atoms with Crippen molar-refractivity contribution < 1.29 is 27.8 Å². The highest BCUT2D eigenvalue weighted by Gasteiger charge is 2.44. The molecule has 23 heavy (non-hydrogen) atoms. The first-order chi connectivity index (χ1) is 10.8. The molecular weight excluding hydrogens is 313 g/mol.